The first-order valence-corrected chi connectivity index (χ1v) is 24.0. The van der Waals surface area contributed by atoms with Gasteiger partial charge >= 0.3 is 0 Å². The average Bonchev–Trinajstić information content (AvgIpc) is 3.69. The number of aliphatic hydroxyl groups is 12. The first-order chi connectivity index (χ1) is 30.8. The van der Waals surface area contributed by atoms with Crippen LogP contribution in [0, 0.1) is 52.3 Å². The molecule has 0 aromatic carbocycles. The van der Waals surface area contributed by atoms with Gasteiger partial charge in [0.05, 0.1) is 50.8 Å². The summed E-state index contributed by atoms with van der Waals surface area (Å²) in [6, 6.07) is 0. The van der Waals surface area contributed by atoms with Crippen molar-refractivity contribution in [2.45, 2.75) is 201 Å². The smallest absolute Gasteiger partial charge is 0.187 e. The summed E-state index contributed by atoms with van der Waals surface area (Å²) in [6.45, 7) is 7.35. The molecule has 5 saturated heterocycles. The van der Waals surface area contributed by atoms with E-state index in [4.69, 9.17) is 37.9 Å². The van der Waals surface area contributed by atoms with Crippen LogP contribution in [0.4, 0.5) is 0 Å². The maximum absolute atomic E-state index is 12.2. The number of fused-ring (bicyclic) bond motifs is 7. The predicted molar refractivity (Wildman–Crippen MR) is 218 cm³/mol. The van der Waals surface area contributed by atoms with Gasteiger partial charge in [0.1, 0.15) is 73.2 Å². The van der Waals surface area contributed by atoms with Crippen molar-refractivity contribution in [3.05, 3.63) is 0 Å². The Bertz CT molecular complexity index is 1630. The first kappa shape index (κ1) is 49.2. The number of hydrogen-bond acceptors (Lipinski definition) is 20. The quantitative estimate of drug-likeness (QED) is 0.104. The van der Waals surface area contributed by atoms with E-state index >= 15 is 0 Å². The van der Waals surface area contributed by atoms with Crippen molar-refractivity contribution in [3.63, 3.8) is 0 Å². The number of rotatable bonds is 9. The molecule has 0 aromatic rings. The third kappa shape index (κ3) is 7.98. The lowest BCUT2D eigenvalue weighted by Gasteiger charge is -2.62. The minimum absolute atomic E-state index is 0.0525. The third-order valence-electron chi connectivity index (χ3n) is 18.3. The van der Waals surface area contributed by atoms with Crippen LogP contribution in [0.2, 0.25) is 0 Å². The number of hydrogen-bond donors (Lipinski definition) is 12. The fraction of sp³-hybridized carbons (Fsp3) is 1.00. The molecule has 4 aliphatic carbocycles. The van der Waals surface area contributed by atoms with Crippen molar-refractivity contribution in [1.29, 1.82) is 0 Å². The first-order valence-electron chi connectivity index (χ1n) is 24.0. The van der Waals surface area contributed by atoms with E-state index in [1.165, 1.54) is 0 Å². The van der Waals surface area contributed by atoms with Crippen LogP contribution in [0.25, 0.3) is 0 Å². The van der Waals surface area contributed by atoms with Crippen LogP contribution in [-0.2, 0) is 37.9 Å². The summed E-state index contributed by atoms with van der Waals surface area (Å²) in [5.74, 6) is 0.853. The van der Waals surface area contributed by atoms with E-state index in [9.17, 15) is 61.3 Å². The molecular weight excluding hydrogens is 860 g/mol. The predicted octanol–water partition coefficient (Wildman–Crippen LogP) is -2.79. The van der Waals surface area contributed by atoms with Crippen LogP contribution in [0.1, 0.15) is 79.1 Å². The molecule has 9 fully saturated rings. The summed E-state index contributed by atoms with van der Waals surface area (Å²) < 4.78 is 48.5. The summed E-state index contributed by atoms with van der Waals surface area (Å²) in [4.78, 5) is 0. The fourth-order valence-corrected chi connectivity index (χ4v) is 14.8. The van der Waals surface area contributed by atoms with Crippen molar-refractivity contribution in [1.82, 2.24) is 0 Å². The lowest BCUT2D eigenvalue weighted by Crippen LogP contribution is -2.67. The Labute approximate surface area is 378 Å². The van der Waals surface area contributed by atoms with E-state index in [2.05, 4.69) is 27.7 Å². The van der Waals surface area contributed by atoms with Gasteiger partial charge in [-0.1, -0.05) is 27.7 Å². The monoisotopic (exact) mass is 934 g/mol. The van der Waals surface area contributed by atoms with Gasteiger partial charge in [0.2, 0.25) is 0 Å². The highest BCUT2D eigenvalue weighted by atomic mass is 16.8. The van der Waals surface area contributed by atoms with Crippen LogP contribution in [-0.4, -0.2) is 210 Å². The molecule has 374 valence electrons. The second kappa shape index (κ2) is 18.4. The normalized spacial score (nSPS) is 59.1. The highest BCUT2D eigenvalue weighted by Crippen LogP contribution is 2.71. The molecule has 20 nitrogen and oxygen atoms in total. The number of ether oxygens (including phenoxy) is 8. The van der Waals surface area contributed by atoms with Gasteiger partial charge in [-0.15, -0.1) is 0 Å². The summed E-state index contributed by atoms with van der Waals surface area (Å²) in [5, 5.41) is 130. The van der Waals surface area contributed by atoms with Gasteiger partial charge in [-0.05, 0) is 85.4 Å². The molecule has 0 bridgehead atoms. The van der Waals surface area contributed by atoms with E-state index in [1.807, 2.05) is 0 Å². The SMILES string of the molecule is C[C@@H]1CC[C@@]2(OC1)O[C@H]1[C@@H](O)[C@H]3[C@@H]4CC[C@H]5C[C@@H](O[C@@H]6O[C@H](CO)[C@H](O[C@@H]7O[C@H](CO)[C@@H](O)[C@H](O)[C@H]7O[C@@H]7O[C@H](CO)[C@H](O)[C@H](O)[C@H]7O)[C@H](O)[C@H]6O)[C@H](O)C[C@]5(C)[C@H]4CC[C@]3(C)[C@H]1[C@@H]2C. The lowest BCUT2D eigenvalue weighted by molar-refractivity contribution is -0.391. The Hall–Kier alpha value is -0.800. The molecule has 0 aromatic heterocycles. The Balaban J connectivity index is 0.857. The molecule has 9 aliphatic rings. The molecule has 12 N–H and O–H groups in total. The second-order valence-electron chi connectivity index (χ2n) is 21.8. The van der Waals surface area contributed by atoms with Crippen LogP contribution in [0.15, 0.2) is 0 Å². The molecule has 9 rings (SSSR count). The largest absolute Gasteiger partial charge is 0.394 e. The van der Waals surface area contributed by atoms with E-state index in [-0.39, 0.29) is 52.4 Å². The molecule has 65 heavy (non-hydrogen) atoms. The Morgan fingerprint density at radius 1 is 0.569 bits per heavy atom. The third-order valence-corrected chi connectivity index (χ3v) is 18.3. The molecule has 20 heteroatoms. The minimum Gasteiger partial charge on any atom is -0.394 e. The van der Waals surface area contributed by atoms with Crippen LogP contribution in [0.5, 0.6) is 0 Å². The molecular formula is C45H74O20. The van der Waals surface area contributed by atoms with Gasteiger partial charge in [0.15, 0.2) is 24.7 Å². The zero-order valence-corrected chi connectivity index (χ0v) is 37.6. The average molecular weight is 935 g/mol. The molecule has 5 aliphatic heterocycles. The van der Waals surface area contributed by atoms with Crippen molar-refractivity contribution in [3.8, 4) is 0 Å². The highest BCUT2D eigenvalue weighted by Gasteiger charge is 2.72. The molecule has 0 amide bonds. The lowest BCUT2D eigenvalue weighted by atomic mass is 9.44. The van der Waals surface area contributed by atoms with Gasteiger partial charge in [-0.3, -0.25) is 0 Å². The van der Waals surface area contributed by atoms with E-state index < -0.39 is 136 Å². The van der Waals surface area contributed by atoms with Crippen LogP contribution < -0.4 is 0 Å². The van der Waals surface area contributed by atoms with Crippen LogP contribution in [0.3, 0.4) is 0 Å². The van der Waals surface area contributed by atoms with Crippen molar-refractivity contribution in [2.75, 3.05) is 26.4 Å². The molecule has 5 heterocycles. The number of aliphatic hydroxyl groups excluding tert-OH is 12. The standard InChI is InChI=1S/C45H74O20/c1-17-7-10-45(58-16-17)18(2)27-38(65-45)31(52)28-20-6-5-19-11-23(22(49)12-44(19,4)21(20)8-9-43(27,28)3)59-40-36(57)34(55)37(26(15-48)62-40)63-42-39(33(54)30(51)25(14-47)61-42)64-41-35(56)32(53)29(50)24(13-46)60-41/h17-42,46-57H,5-16H2,1-4H3/t17-,18+,19+,20-,21+,22-,23-,24-,25-,26-,27+,28-,29+,30-,31+,32+,33+,34-,35-,36-,37+,38-,39-,40-,41+,42+,43-,44+,45-/m1/s1. The van der Waals surface area contributed by atoms with E-state index in [1.54, 1.807) is 0 Å². The fourth-order valence-electron chi connectivity index (χ4n) is 14.8. The highest BCUT2D eigenvalue weighted by molar-refractivity contribution is 5.19. The molecule has 0 radical (unpaired) electrons. The Morgan fingerprint density at radius 2 is 1.17 bits per heavy atom. The summed E-state index contributed by atoms with van der Waals surface area (Å²) >= 11 is 0. The molecule has 29 atom stereocenters. The second-order valence-corrected chi connectivity index (χ2v) is 21.8. The van der Waals surface area contributed by atoms with Crippen molar-refractivity contribution < 1.29 is 99.2 Å². The van der Waals surface area contributed by atoms with Crippen LogP contribution >= 0.6 is 0 Å². The minimum atomic E-state index is -1.92. The van der Waals surface area contributed by atoms with Gasteiger partial charge in [-0.2, -0.15) is 0 Å². The zero-order valence-electron chi connectivity index (χ0n) is 37.6. The zero-order chi connectivity index (χ0) is 46.7. The molecule has 4 saturated carbocycles. The van der Waals surface area contributed by atoms with Gasteiger partial charge in [-0.25, -0.2) is 0 Å². The maximum atomic E-state index is 12.2. The van der Waals surface area contributed by atoms with Crippen molar-refractivity contribution >= 4 is 0 Å². The van der Waals surface area contributed by atoms with E-state index in [0.717, 1.165) is 38.5 Å². The topological polar surface area (TPSA) is 317 Å². The molecule has 1 spiro atoms. The maximum Gasteiger partial charge on any atom is 0.187 e. The molecule has 0 unspecified atom stereocenters. The summed E-state index contributed by atoms with van der Waals surface area (Å²) in [7, 11) is 0. The van der Waals surface area contributed by atoms with Crippen molar-refractivity contribution in [2.24, 2.45) is 52.3 Å². The summed E-state index contributed by atoms with van der Waals surface area (Å²) in [6.07, 6.45) is -22.0. The summed E-state index contributed by atoms with van der Waals surface area (Å²) in [5.41, 5.74) is -0.389. The van der Waals surface area contributed by atoms with Gasteiger partial charge < -0.3 is 99.2 Å². The van der Waals surface area contributed by atoms with Gasteiger partial charge in [0, 0.05) is 18.3 Å². The van der Waals surface area contributed by atoms with Gasteiger partial charge in [0.25, 0.3) is 0 Å². The Morgan fingerprint density at radius 3 is 1.83 bits per heavy atom. The Kier molecular flexibility index (Phi) is 13.9. The van der Waals surface area contributed by atoms with E-state index in [0.29, 0.717) is 25.4 Å².